The maximum Gasteiger partial charge on any atom is 0.274 e. The molecule has 2 N–H and O–H groups in total. The van der Waals surface area contributed by atoms with Crippen molar-refractivity contribution in [3.63, 3.8) is 0 Å². The molecule has 3 aliphatic rings. The van der Waals surface area contributed by atoms with Crippen LogP contribution in [0.25, 0.3) is 0 Å². The van der Waals surface area contributed by atoms with Crippen LogP contribution in [0.5, 0.6) is 0 Å². The summed E-state index contributed by atoms with van der Waals surface area (Å²) in [7, 11) is 2.26. The second-order valence-corrected chi connectivity index (χ2v) is 8.62. The Balaban J connectivity index is 1.53. The number of hydrogen-bond acceptors (Lipinski definition) is 4. The van der Waals surface area contributed by atoms with Gasteiger partial charge in [0.05, 0.1) is 0 Å². The maximum atomic E-state index is 14.6. The van der Waals surface area contributed by atoms with Gasteiger partial charge in [-0.15, -0.1) is 0 Å². The molecule has 0 aromatic heterocycles. The molecule has 6 heteroatoms. The Morgan fingerprint density at radius 3 is 2.63 bits per heavy atom. The van der Waals surface area contributed by atoms with Crippen LogP contribution < -0.4 is 5.48 Å². The van der Waals surface area contributed by atoms with E-state index in [1.807, 2.05) is 0 Å². The molecule has 148 valence electrons. The van der Waals surface area contributed by atoms with Gasteiger partial charge in [0.1, 0.15) is 5.82 Å². The van der Waals surface area contributed by atoms with Crippen molar-refractivity contribution in [2.45, 2.75) is 70.1 Å². The number of nitrogens with one attached hydrogen (secondary N) is 1. The number of carbonyl (C=O) groups is 1. The van der Waals surface area contributed by atoms with Gasteiger partial charge in [0.2, 0.25) is 0 Å². The smallest absolute Gasteiger partial charge is 0.274 e. The van der Waals surface area contributed by atoms with Crippen LogP contribution in [-0.2, 0) is 13.0 Å². The van der Waals surface area contributed by atoms with Crippen LogP contribution in [0.15, 0.2) is 12.1 Å². The highest BCUT2D eigenvalue weighted by Gasteiger charge is 2.39. The molecule has 4 atom stereocenters. The Morgan fingerprint density at radius 1 is 1.30 bits per heavy atom. The molecule has 3 heterocycles. The summed E-state index contributed by atoms with van der Waals surface area (Å²) in [4.78, 5) is 16.8. The van der Waals surface area contributed by atoms with Gasteiger partial charge in [-0.05, 0) is 74.8 Å². The topological polar surface area (TPSA) is 55.8 Å². The molecule has 2 bridgehead atoms. The molecule has 0 spiro atoms. The summed E-state index contributed by atoms with van der Waals surface area (Å²) in [5.41, 5.74) is 3.41. The predicted octanol–water partition coefficient (Wildman–Crippen LogP) is 2.95. The summed E-state index contributed by atoms with van der Waals surface area (Å²) >= 11 is 0. The van der Waals surface area contributed by atoms with Crippen LogP contribution in [0.3, 0.4) is 0 Å². The van der Waals surface area contributed by atoms with Gasteiger partial charge in [-0.1, -0.05) is 6.92 Å². The van der Waals surface area contributed by atoms with Crippen molar-refractivity contribution >= 4 is 5.91 Å². The number of hydroxylamine groups is 1. The zero-order valence-corrected chi connectivity index (χ0v) is 16.2. The summed E-state index contributed by atoms with van der Waals surface area (Å²) in [5, 5.41) is 8.87. The lowest BCUT2D eigenvalue weighted by Gasteiger charge is -2.42. The fourth-order valence-corrected chi connectivity index (χ4v) is 5.59. The van der Waals surface area contributed by atoms with Crippen molar-refractivity contribution in [2.75, 3.05) is 13.6 Å². The third-order valence-corrected chi connectivity index (χ3v) is 7.14. The molecular formula is C21H30FN3O2. The zero-order valence-electron chi connectivity index (χ0n) is 16.2. The third kappa shape index (κ3) is 3.50. The summed E-state index contributed by atoms with van der Waals surface area (Å²) in [5.74, 6) is -0.294. The summed E-state index contributed by atoms with van der Waals surface area (Å²) in [6, 6.07) is 4.77. The van der Waals surface area contributed by atoms with Gasteiger partial charge < -0.3 is 4.90 Å². The fraction of sp³-hybridized carbons (Fsp3) is 0.667. The van der Waals surface area contributed by atoms with Gasteiger partial charge in [-0.25, -0.2) is 9.87 Å². The Labute approximate surface area is 160 Å². The summed E-state index contributed by atoms with van der Waals surface area (Å²) in [6.07, 6.45) is 6.85. The van der Waals surface area contributed by atoms with E-state index in [-0.39, 0.29) is 11.4 Å². The monoisotopic (exact) mass is 375 g/mol. The standard InChI is InChI=1S/C21H30FN3O2/c1-3-16-10-19-15(8-14(9-20(19)22)21(26)23-27)12-25(16)11-13-6-17-4-5-18(7-13)24(17)2/h8-9,13,16-18,27H,3-7,10-12H2,1-2H3,(H,23,26)/t13?,16?,17-,18+. The number of rotatable bonds is 4. The second-order valence-electron chi connectivity index (χ2n) is 8.62. The molecule has 27 heavy (non-hydrogen) atoms. The van der Waals surface area contributed by atoms with Crippen LogP contribution in [-0.4, -0.2) is 52.6 Å². The van der Waals surface area contributed by atoms with Gasteiger partial charge in [0.15, 0.2) is 0 Å². The average molecular weight is 375 g/mol. The minimum Gasteiger partial charge on any atom is -0.300 e. The number of piperidine rings is 1. The number of benzene rings is 1. The third-order valence-electron chi connectivity index (χ3n) is 7.14. The van der Waals surface area contributed by atoms with Gasteiger partial charge in [0, 0.05) is 36.8 Å². The first-order valence-corrected chi connectivity index (χ1v) is 10.2. The highest BCUT2D eigenvalue weighted by Crippen LogP contribution is 2.39. The van der Waals surface area contributed by atoms with Crippen LogP contribution in [0.4, 0.5) is 4.39 Å². The quantitative estimate of drug-likeness (QED) is 0.628. The molecule has 5 nitrogen and oxygen atoms in total. The first-order valence-electron chi connectivity index (χ1n) is 10.2. The molecule has 4 rings (SSSR count). The maximum absolute atomic E-state index is 14.6. The van der Waals surface area contributed by atoms with E-state index in [2.05, 4.69) is 23.8 Å². The highest BCUT2D eigenvalue weighted by molar-refractivity contribution is 5.93. The second kappa shape index (κ2) is 7.49. The molecule has 1 aromatic carbocycles. The van der Waals surface area contributed by atoms with E-state index < -0.39 is 5.91 Å². The number of carbonyl (C=O) groups excluding carboxylic acids is 1. The largest absolute Gasteiger partial charge is 0.300 e. The summed E-state index contributed by atoms with van der Waals surface area (Å²) < 4.78 is 14.6. The first kappa shape index (κ1) is 18.8. The number of halogens is 1. The van der Waals surface area contributed by atoms with Crippen LogP contribution in [0, 0.1) is 11.7 Å². The lowest BCUT2D eigenvalue weighted by Crippen LogP contribution is -2.47. The molecule has 1 aromatic rings. The Morgan fingerprint density at radius 2 is 2.00 bits per heavy atom. The number of hydrogen-bond donors (Lipinski definition) is 2. The molecule has 2 fully saturated rings. The van der Waals surface area contributed by atoms with E-state index in [0.29, 0.717) is 24.9 Å². The molecule has 0 radical (unpaired) electrons. The van der Waals surface area contributed by atoms with E-state index in [4.69, 9.17) is 5.21 Å². The lowest BCUT2D eigenvalue weighted by molar-refractivity contribution is 0.0702. The minimum absolute atomic E-state index is 0.181. The molecule has 0 saturated carbocycles. The van der Waals surface area contributed by atoms with Crippen LogP contribution in [0.2, 0.25) is 0 Å². The van der Waals surface area contributed by atoms with Gasteiger partial charge in [-0.2, -0.15) is 0 Å². The highest BCUT2D eigenvalue weighted by atomic mass is 19.1. The van der Waals surface area contributed by atoms with Crippen molar-refractivity contribution in [1.82, 2.24) is 15.3 Å². The van der Waals surface area contributed by atoms with E-state index >= 15 is 0 Å². The van der Waals surface area contributed by atoms with Crippen LogP contribution >= 0.6 is 0 Å². The van der Waals surface area contributed by atoms with Gasteiger partial charge in [0.25, 0.3) is 5.91 Å². The van der Waals surface area contributed by atoms with Gasteiger partial charge in [-0.3, -0.25) is 14.9 Å². The van der Waals surface area contributed by atoms with E-state index in [0.717, 1.165) is 36.2 Å². The number of amides is 1. The van der Waals surface area contributed by atoms with Crippen molar-refractivity contribution in [1.29, 1.82) is 0 Å². The minimum atomic E-state index is -0.659. The molecule has 3 aliphatic heterocycles. The van der Waals surface area contributed by atoms with Crippen molar-refractivity contribution in [3.05, 3.63) is 34.6 Å². The SMILES string of the molecule is CCC1Cc2c(F)cc(C(=O)NO)cc2CN1CC1C[C@H]2CC[C@@H](C1)N2C. The molecular weight excluding hydrogens is 345 g/mol. The van der Waals surface area contributed by atoms with Crippen molar-refractivity contribution < 1.29 is 14.4 Å². The van der Waals surface area contributed by atoms with E-state index in [1.54, 1.807) is 11.5 Å². The molecule has 0 aliphatic carbocycles. The Bertz CT molecular complexity index is 712. The summed E-state index contributed by atoms with van der Waals surface area (Å²) in [6.45, 7) is 3.91. The lowest BCUT2D eigenvalue weighted by atomic mass is 9.86. The number of nitrogens with zero attached hydrogens (tertiary/aromatic N) is 2. The predicted molar refractivity (Wildman–Crippen MR) is 101 cm³/mol. The van der Waals surface area contributed by atoms with Crippen molar-refractivity contribution in [2.24, 2.45) is 5.92 Å². The molecule has 1 amide bonds. The van der Waals surface area contributed by atoms with Crippen molar-refractivity contribution in [3.8, 4) is 0 Å². The molecule has 2 unspecified atom stereocenters. The van der Waals surface area contributed by atoms with E-state index in [1.165, 1.54) is 31.7 Å². The van der Waals surface area contributed by atoms with Gasteiger partial charge >= 0.3 is 0 Å². The van der Waals surface area contributed by atoms with E-state index in [9.17, 15) is 9.18 Å². The number of fused-ring (bicyclic) bond motifs is 3. The fourth-order valence-electron chi connectivity index (χ4n) is 5.59. The first-order chi connectivity index (χ1) is 13.0. The zero-order chi connectivity index (χ0) is 19.1. The Kier molecular flexibility index (Phi) is 5.23. The average Bonchev–Trinajstić information content (AvgIpc) is 2.87. The Hall–Kier alpha value is -1.50. The molecule has 2 saturated heterocycles. The normalized spacial score (nSPS) is 31.0. The van der Waals surface area contributed by atoms with Crippen LogP contribution in [0.1, 0.15) is 60.5 Å².